The van der Waals surface area contributed by atoms with Crippen LogP contribution < -0.4 is 5.32 Å². The molecule has 9 heteroatoms. The van der Waals surface area contributed by atoms with E-state index in [0.717, 1.165) is 24.3 Å². The first kappa shape index (κ1) is 20.2. The summed E-state index contributed by atoms with van der Waals surface area (Å²) in [4.78, 5) is 24.3. The average Bonchev–Trinajstić information content (AvgIpc) is 3.03. The molecule has 3 aromatic rings. The summed E-state index contributed by atoms with van der Waals surface area (Å²) in [5.41, 5.74) is 0.239. The molecule has 1 amide bonds. The van der Waals surface area contributed by atoms with E-state index in [1.165, 1.54) is 25.3 Å². The maximum Gasteiger partial charge on any atom is 0.416 e. The number of amides is 1. The number of carbonyl (C=O) groups excluding carboxylic acids is 2. The second-order valence-corrected chi connectivity index (χ2v) is 6.31. The number of alkyl halides is 3. The molecule has 0 radical (unpaired) electrons. The van der Waals surface area contributed by atoms with Gasteiger partial charge < -0.3 is 19.6 Å². The van der Waals surface area contributed by atoms with Crippen LogP contribution in [0.5, 0.6) is 5.75 Å². The van der Waals surface area contributed by atoms with E-state index in [9.17, 15) is 27.9 Å². The number of hydrogen-bond donors (Lipinski definition) is 2. The fourth-order valence-corrected chi connectivity index (χ4v) is 2.64. The van der Waals surface area contributed by atoms with Gasteiger partial charge in [-0.1, -0.05) is 0 Å². The molecule has 1 atom stereocenters. The van der Waals surface area contributed by atoms with E-state index < -0.39 is 29.7 Å². The number of carbonyl (C=O) groups is 2. The van der Waals surface area contributed by atoms with Crippen LogP contribution in [0, 0.1) is 0 Å². The molecule has 0 aliphatic carbocycles. The zero-order valence-corrected chi connectivity index (χ0v) is 15.1. The van der Waals surface area contributed by atoms with Crippen molar-refractivity contribution in [2.75, 3.05) is 5.32 Å². The van der Waals surface area contributed by atoms with Gasteiger partial charge >= 0.3 is 12.1 Å². The lowest BCUT2D eigenvalue weighted by Gasteiger charge is -2.14. The SMILES string of the molecule is C[C@@H](OC(=O)Cc1coc2cc(O)ccc12)C(=O)Nc1ccc(C(F)(F)F)cc1. The van der Waals surface area contributed by atoms with Crippen LogP contribution in [-0.2, 0) is 26.9 Å². The summed E-state index contributed by atoms with van der Waals surface area (Å²) in [6.07, 6.45) is -4.43. The smallest absolute Gasteiger partial charge is 0.416 e. The Kier molecular flexibility index (Phi) is 5.49. The van der Waals surface area contributed by atoms with Crippen molar-refractivity contribution in [2.45, 2.75) is 25.6 Å². The molecule has 6 nitrogen and oxygen atoms in total. The number of hydrogen-bond acceptors (Lipinski definition) is 5. The fourth-order valence-electron chi connectivity index (χ4n) is 2.64. The number of phenolic OH excluding ortho intramolecular Hbond substituents is 1. The van der Waals surface area contributed by atoms with E-state index in [0.29, 0.717) is 16.5 Å². The summed E-state index contributed by atoms with van der Waals surface area (Å²) >= 11 is 0. The Morgan fingerprint density at radius 3 is 2.52 bits per heavy atom. The molecule has 2 N–H and O–H groups in total. The molecular formula is C20H16F3NO5. The van der Waals surface area contributed by atoms with Crippen molar-refractivity contribution in [3.05, 3.63) is 59.9 Å². The van der Waals surface area contributed by atoms with Crippen LogP contribution >= 0.6 is 0 Å². The van der Waals surface area contributed by atoms with Gasteiger partial charge in [-0.25, -0.2) is 0 Å². The molecule has 0 saturated heterocycles. The van der Waals surface area contributed by atoms with E-state index >= 15 is 0 Å². The van der Waals surface area contributed by atoms with Crippen molar-refractivity contribution in [1.29, 1.82) is 0 Å². The molecule has 152 valence electrons. The third kappa shape index (κ3) is 4.87. The van der Waals surface area contributed by atoms with E-state index in [2.05, 4.69) is 5.32 Å². The third-order valence-electron chi connectivity index (χ3n) is 4.13. The van der Waals surface area contributed by atoms with E-state index in [4.69, 9.17) is 9.15 Å². The Labute approximate surface area is 162 Å². The molecule has 0 aliphatic heterocycles. The quantitative estimate of drug-likeness (QED) is 0.617. The van der Waals surface area contributed by atoms with E-state index in [1.54, 1.807) is 6.07 Å². The first-order valence-electron chi connectivity index (χ1n) is 8.50. The second-order valence-electron chi connectivity index (χ2n) is 6.31. The van der Waals surface area contributed by atoms with Crippen molar-refractivity contribution < 1.29 is 37.0 Å². The van der Waals surface area contributed by atoms with Crippen molar-refractivity contribution in [3.8, 4) is 5.75 Å². The van der Waals surface area contributed by atoms with Crippen LogP contribution in [0.4, 0.5) is 18.9 Å². The predicted octanol–water partition coefficient (Wildman–Crippen LogP) is 4.27. The first-order valence-corrected chi connectivity index (χ1v) is 8.50. The van der Waals surface area contributed by atoms with Crippen LogP contribution in [0.3, 0.4) is 0 Å². The molecule has 0 saturated carbocycles. The molecule has 1 aromatic heterocycles. The fraction of sp³-hybridized carbons (Fsp3) is 0.200. The highest BCUT2D eigenvalue weighted by molar-refractivity contribution is 5.95. The maximum absolute atomic E-state index is 12.6. The lowest BCUT2D eigenvalue weighted by atomic mass is 10.1. The highest BCUT2D eigenvalue weighted by Crippen LogP contribution is 2.30. The Morgan fingerprint density at radius 2 is 1.86 bits per heavy atom. The van der Waals surface area contributed by atoms with Crippen LogP contribution in [0.25, 0.3) is 11.0 Å². The van der Waals surface area contributed by atoms with Gasteiger partial charge in [-0.2, -0.15) is 13.2 Å². The number of benzene rings is 2. The topological polar surface area (TPSA) is 88.8 Å². The number of anilines is 1. The molecule has 29 heavy (non-hydrogen) atoms. The predicted molar refractivity (Wildman–Crippen MR) is 97.2 cm³/mol. The number of nitrogens with one attached hydrogen (secondary N) is 1. The van der Waals surface area contributed by atoms with Gasteiger partial charge in [0.25, 0.3) is 5.91 Å². The minimum Gasteiger partial charge on any atom is -0.508 e. The summed E-state index contributed by atoms with van der Waals surface area (Å²) in [6, 6.07) is 8.36. The number of aromatic hydroxyl groups is 1. The Morgan fingerprint density at radius 1 is 1.17 bits per heavy atom. The number of ether oxygens (including phenoxy) is 1. The maximum atomic E-state index is 12.6. The molecule has 1 heterocycles. The largest absolute Gasteiger partial charge is 0.508 e. The molecule has 0 unspecified atom stereocenters. The van der Waals surface area contributed by atoms with E-state index in [-0.39, 0.29) is 17.9 Å². The van der Waals surface area contributed by atoms with Gasteiger partial charge in [0.05, 0.1) is 18.2 Å². The lowest BCUT2D eigenvalue weighted by Crippen LogP contribution is -2.30. The molecule has 2 aromatic carbocycles. The minimum atomic E-state index is -4.47. The second kappa shape index (κ2) is 7.86. The van der Waals surface area contributed by atoms with Crippen LogP contribution in [0.1, 0.15) is 18.1 Å². The summed E-state index contributed by atoms with van der Waals surface area (Å²) < 4.78 is 48.0. The van der Waals surface area contributed by atoms with Gasteiger partial charge in [-0.05, 0) is 43.3 Å². The highest BCUT2D eigenvalue weighted by Gasteiger charge is 2.30. The molecule has 0 aliphatic rings. The molecule has 0 fully saturated rings. The number of halogens is 3. The summed E-state index contributed by atoms with van der Waals surface area (Å²) in [6.45, 7) is 1.35. The van der Waals surface area contributed by atoms with Crippen LogP contribution in [-0.4, -0.2) is 23.1 Å². The summed E-state index contributed by atoms with van der Waals surface area (Å²) in [5, 5.41) is 12.4. The average molecular weight is 407 g/mol. The van der Waals surface area contributed by atoms with Gasteiger partial charge in [0.15, 0.2) is 6.10 Å². The number of esters is 1. The van der Waals surface area contributed by atoms with Gasteiger partial charge in [-0.15, -0.1) is 0 Å². The van der Waals surface area contributed by atoms with Gasteiger partial charge in [-0.3, -0.25) is 9.59 Å². The molecule has 3 rings (SSSR count). The van der Waals surface area contributed by atoms with Crippen molar-refractivity contribution >= 4 is 28.5 Å². The van der Waals surface area contributed by atoms with Gasteiger partial charge in [0.2, 0.25) is 0 Å². The Balaban J connectivity index is 1.58. The Hall–Kier alpha value is -3.49. The van der Waals surface area contributed by atoms with Gasteiger partial charge in [0.1, 0.15) is 11.3 Å². The Bertz CT molecular complexity index is 1040. The lowest BCUT2D eigenvalue weighted by molar-refractivity contribution is -0.152. The first-order chi connectivity index (χ1) is 13.6. The number of fused-ring (bicyclic) bond motifs is 1. The number of rotatable bonds is 5. The van der Waals surface area contributed by atoms with Crippen molar-refractivity contribution in [1.82, 2.24) is 0 Å². The third-order valence-corrected chi connectivity index (χ3v) is 4.13. The van der Waals surface area contributed by atoms with Crippen LogP contribution in [0.2, 0.25) is 0 Å². The zero-order chi connectivity index (χ0) is 21.2. The monoisotopic (exact) mass is 407 g/mol. The standard InChI is InChI=1S/C20H16F3NO5/c1-11(19(27)24-14-4-2-13(3-5-14)20(21,22)23)29-18(26)8-12-10-28-17-9-15(25)6-7-16(12)17/h2-7,9-11,25H,8H2,1H3,(H,24,27)/t11-/m1/s1. The van der Waals surface area contributed by atoms with Gasteiger partial charge in [0, 0.05) is 22.7 Å². The van der Waals surface area contributed by atoms with E-state index in [1.807, 2.05) is 0 Å². The minimum absolute atomic E-state index is 0.0227. The van der Waals surface area contributed by atoms with Crippen molar-refractivity contribution in [3.63, 3.8) is 0 Å². The molecular weight excluding hydrogens is 391 g/mol. The highest BCUT2D eigenvalue weighted by atomic mass is 19.4. The van der Waals surface area contributed by atoms with Crippen molar-refractivity contribution in [2.24, 2.45) is 0 Å². The normalized spacial score (nSPS) is 12.6. The summed E-state index contributed by atoms with van der Waals surface area (Å²) in [5.74, 6) is -1.34. The molecule has 0 spiro atoms. The molecule has 0 bridgehead atoms. The number of phenols is 1. The van der Waals surface area contributed by atoms with Crippen LogP contribution in [0.15, 0.2) is 53.1 Å². The number of furan rings is 1. The zero-order valence-electron chi connectivity index (χ0n) is 15.1. The summed E-state index contributed by atoms with van der Waals surface area (Å²) in [7, 11) is 0.